The van der Waals surface area contributed by atoms with Crippen LogP contribution < -0.4 is 0 Å². The summed E-state index contributed by atoms with van der Waals surface area (Å²) in [7, 11) is 0. The average Bonchev–Trinajstić information content (AvgIpc) is 2.96. The van der Waals surface area contributed by atoms with Crippen molar-refractivity contribution in [1.29, 1.82) is 0 Å². The summed E-state index contributed by atoms with van der Waals surface area (Å²) in [5, 5.41) is 11.0. The van der Waals surface area contributed by atoms with Crippen molar-refractivity contribution in [2.75, 3.05) is 0 Å². The van der Waals surface area contributed by atoms with Crippen LogP contribution in [0.25, 0.3) is 33.3 Å². The molecule has 0 aliphatic heterocycles. The lowest BCUT2D eigenvalue weighted by molar-refractivity contribution is 0.0699. The molecule has 0 bridgehead atoms. The smallest absolute Gasteiger partial charge is 0.336 e. The summed E-state index contributed by atoms with van der Waals surface area (Å²) >= 11 is 11.8. The van der Waals surface area contributed by atoms with Crippen molar-refractivity contribution in [2.45, 2.75) is 0 Å². The number of carboxylic acid groups (broad SMARTS) is 1. The molecule has 0 atom stereocenters. The van der Waals surface area contributed by atoms with Crippen LogP contribution in [0.4, 0.5) is 4.39 Å². The fourth-order valence-corrected chi connectivity index (χ4v) is 3.08. The molecule has 0 aliphatic rings. The maximum Gasteiger partial charge on any atom is 0.336 e. The van der Waals surface area contributed by atoms with E-state index in [1.165, 1.54) is 12.1 Å². The largest absolute Gasteiger partial charge is 0.478 e. The van der Waals surface area contributed by atoms with Gasteiger partial charge in [0.2, 0.25) is 0 Å². The summed E-state index contributed by atoms with van der Waals surface area (Å²) in [6.07, 6.45) is 0. The molecule has 0 radical (unpaired) electrons. The Morgan fingerprint density at radius 1 is 1.08 bits per heavy atom. The Morgan fingerprint density at radius 3 is 2.64 bits per heavy atom. The lowest BCUT2D eigenvalue weighted by Crippen LogP contribution is -2.01. The van der Waals surface area contributed by atoms with Crippen molar-refractivity contribution in [3.05, 3.63) is 63.9 Å². The summed E-state index contributed by atoms with van der Waals surface area (Å²) < 4.78 is 19.9. The lowest BCUT2D eigenvalue weighted by Gasteiger charge is -2.07. The zero-order valence-electron chi connectivity index (χ0n) is 12.4. The maximum atomic E-state index is 14.3. The summed E-state index contributed by atoms with van der Waals surface area (Å²) in [5.41, 5.74) is 0.575. The van der Waals surface area contributed by atoms with E-state index in [0.29, 0.717) is 16.4 Å². The average molecular weight is 376 g/mol. The van der Waals surface area contributed by atoms with E-state index in [1.807, 2.05) is 0 Å². The minimum Gasteiger partial charge on any atom is -0.478 e. The van der Waals surface area contributed by atoms with E-state index in [9.17, 15) is 14.3 Å². The van der Waals surface area contributed by atoms with Gasteiger partial charge in [0.25, 0.3) is 0 Å². The van der Waals surface area contributed by atoms with Gasteiger partial charge in [0.1, 0.15) is 16.8 Å². The van der Waals surface area contributed by atoms with Gasteiger partial charge in [-0.3, -0.25) is 0 Å². The van der Waals surface area contributed by atoms with Crippen LogP contribution in [0.1, 0.15) is 10.4 Å². The van der Waals surface area contributed by atoms with Crippen molar-refractivity contribution in [2.24, 2.45) is 0 Å². The molecule has 25 heavy (non-hydrogen) atoms. The van der Waals surface area contributed by atoms with Crippen LogP contribution in [-0.2, 0) is 0 Å². The Morgan fingerprint density at radius 2 is 1.88 bits per heavy atom. The first kappa shape index (κ1) is 15.9. The predicted octanol–water partition coefficient (Wildman–Crippen LogP) is 5.79. The first-order chi connectivity index (χ1) is 11.9. The summed E-state index contributed by atoms with van der Waals surface area (Å²) in [6, 6.07) is 10.6. The Kier molecular flexibility index (Phi) is 3.63. The van der Waals surface area contributed by atoms with Crippen molar-refractivity contribution in [3.63, 3.8) is 0 Å². The third kappa shape index (κ3) is 2.71. The Balaban J connectivity index is 2.02. The minimum absolute atomic E-state index is 0.0854. The van der Waals surface area contributed by atoms with Gasteiger partial charge in [0.05, 0.1) is 5.56 Å². The fourth-order valence-electron chi connectivity index (χ4n) is 2.70. The predicted molar refractivity (Wildman–Crippen MR) is 93.9 cm³/mol. The molecule has 4 rings (SSSR count). The molecule has 1 N–H and O–H groups in total. The Hall–Kier alpha value is -2.63. The first-order valence-electron chi connectivity index (χ1n) is 7.15. The maximum absolute atomic E-state index is 14.3. The van der Waals surface area contributed by atoms with Gasteiger partial charge in [-0.1, -0.05) is 23.2 Å². The van der Waals surface area contributed by atoms with Gasteiger partial charge in [-0.15, -0.1) is 0 Å². The summed E-state index contributed by atoms with van der Waals surface area (Å²) in [5.74, 6) is -1.60. The number of rotatable bonds is 2. The number of aromatic nitrogens is 1. The van der Waals surface area contributed by atoms with Gasteiger partial charge in [0, 0.05) is 20.8 Å². The minimum atomic E-state index is -1.21. The van der Waals surface area contributed by atoms with E-state index in [2.05, 4.69) is 4.98 Å². The number of hydrogen-bond donors (Lipinski definition) is 1. The van der Waals surface area contributed by atoms with Crippen LogP contribution in [-0.4, -0.2) is 16.1 Å². The van der Waals surface area contributed by atoms with Gasteiger partial charge >= 0.3 is 5.97 Å². The fraction of sp³-hybridized carbons (Fsp3) is 0. The number of furan rings is 1. The molecular formula is C18H8Cl2FNO3. The second-order valence-electron chi connectivity index (χ2n) is 5.44. The van der Waals surface area contributed by atoms with Gasteiger partial charge < -0.3 is 9.52 Å². The topological polar surface area (TPSA) is 63.3 Å². The zero-order chi connectivity index (χ0) is 17.7. The highest BCUT2D eigenvalue weighted by Crippen LogP contribution is 2.32. The highest BCUT2D eigenvalue weighted by atomic mass is 35.5. The van der Waals surface area contributed by atoms with Crippen molar-refractivity contribution < 1.29 is 18.7 Å². The number of halogens is 3. The molecular weight excluding hydrogens is 368 g/mol. The van der Waals surface area contributed by atoms with Crippen LogP contribution in [0.15, 0.2) is 46.9 Å². The van der Waals surface area contributed by atoms with E-state index in [0.717, 1.165) is 11.5 Å². The molecule has 0 saturated heterocycles. The number of fused-ring (bicyclic) bond motifs is 2. The molecule has 2 aromatic heterocycles. The monoisotopic (exact) mass is 375 g/mol. The van der Waals surface area contributed by atoms with Crippen LogP contribution >= 0.6 is 23.2 Å². The number of benzene rings is 2. The van der Waals surface area contributed by atoms with Crippen LogP contribution in [0.2, 0.25) is 10.0 Å². The van der Waals surface area contributed by atoms with Crippen LogP contribution in [0.3, 0.4) is 0 Å². The summed E-state index contributed by atoms with van der Waals surface area (Å²) in [4.78, 5) is 15.8. The normalized spacial score (nSPS) is 11.3. The Labute approximate surface area is 150 Å². The molecule has 0 fully saturated rings. The van der Waals surface area contributed by atoms with Crippen molar-refractivity contribution >= 4 is 51.0 Å². The van der Waals surface area contributed by atoms with Crippen molar-refractivity contribution in [1.82, 2.24) is 4.98 Å². The second-order valence-corrected chi connectivity index (χ2v) is 6.31. The standard InChI is InChI=1S/C18H8Cl2FNO3/c19-9-1-2-15-8(3-9)4-16(25-15)14-7-12(18(23)24)11-5-10(20)6-13(21)17(11)22-14/h1-7H,(H,23,24). The van der Waals surface area contributed by atoms with Crippen molar-refractivity contribution in [3.8, 4) is 11.5 Å². The molecule has 4 nitrogen and oxygen atoms in total. The molecule has 4 aromatic rings. The van der Waals surface area contributed by atoms with Gasteiger partial charge in [-0.2, -0.15) is 0 Å². The van der Waals surface area contributed by atoms with E-state index < -0.39 is 11.8 Å². The number of carboxylic acids is 1. The van der Waals surface area contributed by atoms with Gasteiger partial charge in [-0.25, -0.2) is 14.2 Å². The number of aromatic carboxylic acids is 1. The molecule has 0 saturated carbocycles. The SMILES string of the molecule is O=C(O)c1cc(-c2cc3cc(Cl)ccc3o2)nc2c(F)cc(Cl)cc12. The molecule has 2 heterocycles. The highest BCUT2D eigenvalue weighted by Gasteiger charge is 2.18. The molecule has 0 amide bonds. The highest BCUT2D eigenvalue weighted by molar-refractivity contribution is 6.31. The number of nitrogens with zero attached hydrogens (tertiary/aromatic N) is 1. The van der Waals surface area contributed by atoms with E-state index in [-0.39, 0.29) is 27.2 Å². The number of pyridine rings is 1. The molecule has 2 aromatic carbocycles. The van der Waals surface area contributed by atoms with E-state index in [1.54, 1.807) is 24.3 Å². The third-order valence-electron chi connectivity index (χ3n) is 3.79. The summed E-state index contributed by atoms with van der Waals surface area (Å²) in [6.45, 7) is 0. The number of carbonyl (C=O) groups is 1. The molecule has 124 valence electrons. The third-order valence-corrected chi connectivity index (χ3v) is 4.25. The van der Waals surface area contributed by atoms with Crippen LogP contribution in [0, 0.1) is 5.82 Å². The lowest BCUT2D eigenvalue weighted by atomic mass is 10.1. The molecule has 7 heteroatoms. The Bertz CT molecular complexity index is 1170. The molecule has 0 aliphatic carbocycles. The molecule has 0 spiro atoms. The second kappa shape index (κ2) is 5.72. The first-order valence-corrected chi connectivity index (χ1v) is 7.90. The molecule has 0 unspecified atom stereocenters. The zero-order valence-corrected chi connectivity index (χ0v) is 13.9. The van der Waals surface area contributed by atoms with Gasteiger partial charge in [-0.05, 0) is 42.5 Å². The number of hydrogen-bond acceptors (Lipinski definition) is 3. The van der Waals surface area contributed by atoms with E-state index >= 15 is 0 Å². The quantitative estimate of drug-likeness (QED) is 0.481. The van der Waals surface area contributed by atoms with Crippen LogP contribution in [0.5, 0.6) is 0 Å². The van der Waals surface area contributed by atoms with Gasteiger partial charge in [0.15, 0.2) is 11.6 Å². The van der Waals surface area contributed by atoms with E-state index in [4.69, 9.17) is 27.6 Å².